The summed E-state index contributed by atoms with van der Waals surface area (Å²) in [6.45, 7) is -0.107. The van der Waals surface area contributed by atoms with Crippen LogP contribution in [0.4, 0.5) is 20.6 Å². The first-order valence-corrected chi connectivity index (χ1v) is 12.5. The summed E-state index contributed by atoms with van der Waals surface area (Å²) in [4.78, 5) is 42.3. The number of ether oxygens (including phenoxy) is 1. The van der Waals surface area contributed by atoms with E-state index >= 15 is 0 Å². The zero-order chi connectivity index (χ0) is 27.5. The van der Waals surface area contributed by atoms with Gasteiger partial charge in [-0.05, 0) is 54.1 Å². The van der Waals surface area contributed by atoms with Crippen molar-refractivity contribution < 1.29 is 23.5 Å². The minimum Gasteiger partial charge on any atom is -0.486 e. The molecule has 5 rings (SSSR count). The van der Waals surface area contributed by atoms with Crippen LogP contribution in [0.1, 0.15) is 11.1 Å². The van der Waals surface area contributed by atoms with Crippen LogP contribution < -0.4 is 14.5 Å². The third kappa shape index (κ3) is 5.27. The first-order chi connectivity index (χ1) is 18.8. The summed E-state index contributed by atoms with van der Waals surface area (Å²) in [6.07, 6.45) is 1.32. The Morgan fingerprint density at radius 1 is 0.718 bits per heavy atom. The normalized spacial score (nSPS) is 13.6. The summed E-state index contributed by atoms with van der Waals surface area (Å²) in [5.41, 5.74) is 0.991. The summed E-state index contributed by atoms with van der Waals surface area (Å²) < 4.78 is 19.6. The van der Waals surface area contributed by atoms with Crippen molar-refractivity contribution >= 4 is 58.5 Å². The van der Waals surface area contributed by atoms with E-state index in [2.05, 4.69) is 0 Å². The number of imide groups is 2. The summed E-state index contributed by atoms with van der Waals surface area (Å²) in [5, 5.41) is 0.189. The van der Waals surface area contributed by atoms with Crippen LogP contribution in [0.2, 0.25) is 10.0 Å². The van der Waals surface area contributed by atoms with Gasteiger partial charge in [0.1, 0.15) is 18.0 Å². The van der Waals surface area contributed by atoms with Crippen LogP contribution in [-0.2, 0) is 16.2 Å². The SMILES string of the molecule is O=C1C(=Cc2cc(Cl)c(OCc3ccccc3F)c(Cl)c2)C(=O)N(c2ccccc2)C(=O)N1c1ccccc1. The predicted octanol–water partition coefficient (Wildman–Crippen LogP) is 7.29. The van der Waals surface area contributed by atoms with E-state index in [1.54, 1.807) is 78.9 Å². The summed E-state index contributed by atoms with van der Waals surface area (Å²) >= 11 is 12.9. The van der Waals surface area contributed by atoms with Gasteiger partial charge in [0.05, 0.1) is 21.4 Å². The first kappa shape index (κ1) is 26.2. The maximum atomic E-state index is 14.0. The van der Waals surface area contributed by atoms with Gasteiger partial charge in [0.15, 0.2) is 5.75 Å². The Morgan fingerprint density at radius 2 is 1.21 bits per heavy atom. The Hall–Kier alpha value is -4.46. The molecule has 1 fully saturated rings. The molecule has 6 nitrogen and oxygen atoms in total. The number of nitrogens with zero attached hydrogens (tertiary/aromatic N) is 2. The van der Waals surface area contributed by atoms with Gasteiger partial charge >= 0.3 is 6.03 Å². The van der Waals surface area contributed by atoms with E-state index in [-0.39, 0.29) is 28.0 Å². The molecule has 1 aliphatic heterocycles. The molecule has 0 spiro atoms. The van der Waals surface area contributed by atoms with Gasteiger partial charge in [0, 0.05) is 5.56 Å². The smallest absolute Gasteiger partial charge is 0.343 e. The fourth-order valence-electron chi connectivity index (χ4n) is 4.07. The number of barbiturate groups is 1. The van der Waals surface area contributed by atoms with Gasteiger partial charge in [-0.15, -0.1) is 0 Å². The number of hydrogen-bond acceptors (Lipinski definition) is 4. The zero-order valence-corrected chi connectivity index (χ0v) is 21.7. The minimum absolute atomic E-state index is 0.0947. The molecule has 1 saturated heterocycles. The molecule has 39 heavy (non-hydrogen) atoms. The van der Waals surface area contributed by atoms with Gasteiger partial charge in [0.25, 0.3) is 11.8 Å². The predicted molar refractivity (Wildman–Crippen MR) is 148 cm³/mol. The van der Waals surface area contributed by atoms with Crippen LogP contribution in [0, 0.1) is 5.82 Å². The maximum absolute atomic E-state index is 14.0. The quantitative estimate of drug-likeness (QED) is 0.183. The Morgan fingerprint density at radius 3 is 1.72 bits per heavy atom. The first-order valence-electron chi connectivity index (χ1n) is 11.7. The van der Waals surface area contributed by atoms with Crippen molar-refractivity contribution in [3.05, 3.63) is 130 Å². The Labute approximate surface area is 233 Å². The number of benzene rings is 4. The molecule has 9 heteroatoms. The lowest BCUT2D eigenvalue weighted by molar-refractivity contribution is -0.121. The molecule has 0 aromatic heterocycles. The average Bonchev–Trinajstić information content (AvgIpc) is 2.93. The van der Waals surface area contributed by atoms with E-state index < -0.39 is 23.7 Å². The number of halogens is 3. The number of amides is 4. The molecule has 0 atom stereocenters. The largest absolute Gasteiger partial charge is 0.486 e. The molecule has 0 saturated carbocycles. The Balaban J connectivity index is 1.52. The number of rotatable bonds is 6. The lowest BCUT2D eigenvalue weighted by atomic mass is 10.0. The summed E-state index contributed by atoms with van der Waals surface area (Å²) in [5.74, 6) is -1.90. The number of carbonyl (C=O) groups excluding carboxylic acids is 3. The molecule has 4 aromatic carbocycles. The van der Waals surface area contributed by atoms with Crippen LogP contribution in [0.5, 0.6) is 5.75 Å². The Bertz CT molecular complexity index is 1520. The number of anilines is 2. The van der Waals surface area contributed by atoms with Crippen LogP contribution in [-0.4, -0.2) is 17.8 Å². The van der Waals surface area contributed by atoms with Gasteiger partial charge in [0.2, 0.25) is 0 Å². The van der Waals surface area contributed by atoms with E-state index in [0.717, 1.165) is 9.80 Å². The third-order valence-corrected chi connectivity index (χ3v) is 6.50. The van der Waals surface area contributed by atoms with E-state index in [4.69, 9.17) is 27.9 Å². The van der Waals surface area contributed by atoms with Crippen LogP contribution in [0.25, 0.3) is 6.08 Å². The molecule has 4 amide bonds. The molecule has 194 valence electrons. The molecular formula is C30H19Cl2FN2O4. The molecule has 0 N–H and O–H groups in total. The monoisotopic (exact) mass is 560 g/mol. The van der Waals surface area contributed by atoms with Crippen LogP contribution in [0.15, 0.2) is 103 Å². The molecule has 1 heterocycles. The van der Waals surface area contributed by atoms with E-state index in [1.165, 1.54) is 24.3 Å². The number of carbonyl (C=O) groups is 3. The van der Waals surface area contributed by atoms with Crippen molar-refractivity contribution in [2.45, 2.75) is 6.61 Å². The van der Waals surface area contributed by atoms with Gasteiger partial charge in [-0.3, -0.25) is 9.59 Å². The standard InChI is InChI=1S/C30H19Cl2FN2O4/c31-24-16-19(17-25(32)27(24)39-18-20-9-7-8-14-26(20)33)15-23-28(36)34(21-10-3-1-4-11-21)30(38)35(29(23)37)22-12-5-2-6-13-22/h1-17H,18H2. The molecule has 4 aromatic rings. The van der Waals surface area contributed by atoms with E-state index in [1.807, 2.05) is 0 Å². The number of para-hydroxylation sites is 2. The molecule has 0 radical (unpaired) electrons. The van der Waals surface area contributed by atoms with Crippen molar-refractivity contribution in [2.75, 3.05) is 9.80 Å². The Kier molecular flexibility index (Phi) is 7.45. The second-order valence-electron chi connectivity index (χ2n) is 8.49. The lowest BCUT2D eigenvalue weighted by Crippen LogP contribution is -2.57. The van der Waals surface area contributed by atoms with E-state index in [9.17, 15) is 18.8 Å². The van der Waals surface area contributed by atoms with Crippen molar-refractivity contribution in [3.63, 3.8) is 0 Å². The highest BCUT2D eigenvalue weighted by Crippen LogP contribution is 2.36. The molecule has 0 bridgehead atoms. The second-order valence-corrected chi connectivity index (χ2v) is 9.30. The highest BCUT2D eigenvalue weighted by atomic mass is 35.5. The molecule has 1 aliphatic rings. The summed E-state index contributed by atoms with van der Waals surface area (Å²) in [7, 11) is 0. The third-order valence-electron chi connectivity index (χ3n) is 5.94. The maximum Gasteiger partial charge on any atom is 0.343 e. The molecular weight excluding hydrogens is 542 g/mol. The van der Waals surface area contributed by atoms with Gasteiger partial charge < -0.3 is 4.74 Å². The lowest BCUT2D eigenvalue weighted by Gasteiger charge is -2.33. The van der Waals surface area contributed by atoms with Crippen molar-refractivity contribution in [2.24, 2.45) is 0 Å². The molecule has 0 aliphatic carbocycles. The van der Waals surface area contributed by atoms with Crippen molar-refractivity contribution in [1.29, 1.82) is 0 Å². The van der Waals surface area contributed by atoms with Gasteiger partial charge in [-0.2, -0.15) is 0 Å². The zero-order valence-electron chi connectivity index (χ0n) is 20.2. The summed E-state index contributed by atoms with van der Waals surface area (Å²) in [6, 6.07) is 24.9. The topological polar surface area (TPSA) is 66.9 Å². The molecule has 0 unspecified atom stereocenters. The fourth-order valence-corrected chi connectivity index (χ4v) is 4.68. The number of urea groups is 1. The number of hydrogen-bond donors (Lipinski definition) is 0. The second kappa shape index (κ2) is 11.1. The van der Waals surface area contributed by atoms with Crippen molar-refractivity contribution in [1.82, 2.24) is 0 Å². The average molecular weight is 561 g/mol. The van der Waals surface area contributed by atoms with Crippen LogP contribution >= 0.6 is 23.2 Å². The van der Waals surface area contributed by atoms with E-state index in [0.29, 0.717) is 22.5 Å². The van der Waals surface area contributed by atoms with Gasteiger partial charge in [-0.25, -0.2) is 19.0 Å². The highest BCUT2D eigenvalue weighted by Gasteiger charge is 2.43. The van der Waals surface area contributed by atoms with Crippen molar-refractivity contribution in [3.8, 4) is 5.75 Å². The van der Waals surface area contributed by atoms with Crippen LogP contribution in [0.3, 0.4) is 0 Å². The van der Waals surface area contributed by atoms with Gasteiger partial charge in [-0.1, -0.05) is 77.8 Å². The fraction of sp³-hybridized carbons (Fsp3) is 0.0333. The highest BCUT2D eigenvalue weighted by molar-refractivity contribution is 6.46. The minimum atomic E-state index is -0.799.